The Labute approximate surface area is 164 Å². The molecule has 0 radical (unpaired) electrons. The van der Waals surface area contributed by atoms with Crippen molar-refractivity contribution >= 4 is 28.7 Å². The minimum absolute atomic E-state index is 0.0361. The summed E-state index contributed by atoms with van der Waals surface area (Å²) in [6, 6.07) is 2.28. The summed E-state index contributed by atoms with van der Waals surface area (Å²) in [4.78, 5) is 35.7. The summed E-state index contributed by atoms with van der Waals surface area (Å²) in [5.41, 5.74) is 2.09. The van der Waals surface area contributed by atoms with Crippen molar-refractivity contribution in [2.24, 2.45) is 0 Å². The predicted molar refractivity (Wildman–Crippen MR) is 110 cm³/mol. The molecule has 0 spiro atoms. The number of likely N-dealkylation sites (tertiary alicyclic amines) is 1. The zero-order valence-corrected chi connectivity index (χ0v) is 17.6. The highest BCUT2D eigenvalue weighted by atomic mass is 32.2. The zero-order chi connectivity index (χ0) is 19.6. The van der Waals surface area contributed by atoms with Crippen molar-refractivity contribution in [1.82, 2.24) is 19.4 Å². The summed E-state index contributed by atoms with van der Waals surface area (Å²) in [6.45, 7) is 8.99. The lowest BCUT2D eigenvalue weighted by Gasteiger charge is -2.35. The van der Waals surface area contributed by atoms with Crippen LogP contribution in [0, 0.1) is 6.92 Å². The third-order valence-electron chi connectivity index (χ3n) is 5.56. The fraction of sp³-hybridized carbons (Fsp3) is 0.650. The van der Waals surface area contributed by atoms with E-state index in [9.17, 15) is 9.59 Å². The lowest BCUT2D eigenvalue weighted by atomic mass is 10.0. The minimum Gasteiger partial charge on any atom is -0.353 e. The quantitative estimate of drug-likeness (QED) is 0.600. The van der Waals surface area contributed by atoms with Crippen LogP contribution in [-0.4, -0.2) is 43.7 Å². The smallest absolute Gasteiger partial charge is 0.278 e. The van der Waals surface area contributed by atoms with Gasteiger partial charge in [-0.3, -0.25) is 14.2 Å². The molecule has 1 aliphatic heterocycles. The molecule has 1 N–H and O–H groups in total. The average molecular weight is 391 g/mol. The minimum atomic E-state index is -0.0539. The Morgan fingerprint density at radius 2 is 2.19 bits per heavy atom. The van der Waals surface area contributed by atoms with Crippen molar-refractivity contribution in [1.29, 1.82) is 0 Å². The third-order valence-corrected chi connectivity index (χ3v) is 6.50. The van der Waals surface area contributed by atoms with E-state index in [4.69, 9.17) is 4.98 Å². The Morgan fingerprint density at radius 3 is 2.89 bits per heavy atom. The molecule has 148 valence electrons. The maximum Gasteiger partial charge on any atom is 0.278 e. The SMILES string of the molecule is CC[C@H]1CCCCN1C(=O)CSc1nc2cc(C)[nH]c2c(=O)n1[C@@H](C)CC. The fourth-order valence-electron chi connectivity index (χ4n) is 3.83. The van der Waals surface area contributed by atoms with Crippen LogP contribution in [0.3, 0.4) is 0 Å². The Morgan fingerprint density at radius 1 is 1.41 bits per heavy atom. The lowest BCUT2D eigenvalue weighted by Crippen LogP contribution is -2.44. The highest BCUT2D eigenvalue weighted by Crippen LogP contribution is 2.25. The third kappa shape index (κ3) is 4.08. The molecule has 2 aromatic rings. The molecule has 0 unspecified atom stereocenters. The Kier molecular flexibility index (Phi) is 6.29. The van der Waals surface area contributed by atoms with Crippen LogP contribution in [0.25, 0.3) is 11.0 Å². The number of piperidine rings is 1. The Hall–Kier alpha value is -1.76. The highest BCUT2D eigenvalue weighted by molar-refractivity contribution is 7.99. The largest absolute Gasteiger partial charge is 0.353 e. The molecule has 6 nitrogen and oxygen atoms in total. The number of hydrogen-bond donors (Lipinski definition) is 1. The van der Waals surface area contributed by atoms with Crippen LogP contribution in [-0.2, 0) is 4.79 Å². The molecule has 0 bridgehead atoms. The van der Waals surface area contributed by atoms with E-state index in [2.05, 4.69) is 18.8 Å². The number of aromatic amines is 1. The van der Waals surface area contributed by atoms with Gasteiger partial charge < -0.3 is 9.88 Å². The summed E-state index contributed by atoms with van der Waals surface area (Å²) in [6.07, 6.45) is 5.21. The normalized spacial score (nSPS) is 18.8. The van der Waals surface area contributed by atoms with Crippen molar-refractivity contribution in [3.8, 4) is 0 Å². The molecule has 2 atom stereocenters. The van der Waals surface area contributed by atoms with Crippen LogP contribution >= 0.6 is 11.8 Å². The molecular weight excluding hydrogens is 360 g/mol. The maximum atomic E-state index is 13.0. The summed E-state index contributed by atoms with van der Waals surface area (Å²) in [5, 5.41) is 0.638. The van der Waals surface area contributed by atoms with E-state index in [0.29, 0.717) is 28.0 Å². The van der Waals surface area contributed by atoms with Gasteiger partial charge in [0, 0.05) is 24.3 Å². The number of hydrogen-bond acceptors (Lipinski definition) is 4. The van der Waals surface area contributed by atoms with Gasteiger partial charge in [0.15, 0.2) is 5.16 Å². The first-order valence-electron chi connectivity index (χ1n) is 10.00. The van der Waals surface area contributed by atoms with E-state index in [1.54, 1.807) is 4.57 Å². The fourth-order valence-corrected chi connectivity index (χ4v) is 4.81. The van der Waals surface area contributed by atoms with Crippen molar-refractivity contribution < 1.29 is 4.79 Å². The number of rotatable bonds is 6. The van der Waals surface area contributed by atoms with Crippen molar-refractivity contribution in [3.05, 3.63) is 22.1 Å². The molecular formula is C20H30N4O2S. The number of carbonyl (C=O) groups is 1. The molecule has 27 heavy (non-hydrogen) atoms. The van der Waals surface area contributed by atoms with Gasteiger partial charge in [0.25, 0.3) is 5.56 Å². The van der Waals surface area contributed by atoms with Gasteiger partial charge in [-0.25, -0.2) is 4.98 Å². The van der Waals surface area contributed by atoms with E-state index < -0.39 is 0 Å². The van der Waals surface area contributed by atoms with Gasteiger partial charge >= 0.3 is 0 Å². The van der Waals surface area contributed by atoms with Crippen LogP contribution in [0.5, 0.6) is 0 Å². The zero-order valence-electron chi connectivity index (χ0n) is 16.7. The van der Waals surface area contributed by atoms with E-state index in [0.717, 1.165) is 37.9 Å². The number of thioether (sulfide) groups is 1. The van der Waals surface area contributed by atoms with Gasteiger partial charge in [-0.1, -0.05) is 25.6 Å². The van der Waals surface area contributed by atoms with Gasteiger partial charge in [-0.05, 0) is 52.0 Å². The summed E-state index contributed by atoms with van der Waals surface area (Å²) in [7, 11) is 0. The van der Waals surface area contributed by atoms with Crippen LogP contribution in [0.2, 0.25) is 0 Å². The second kappa shape index (κ2) is 8.50. The topological polar surface area (TPSA) is 71.0 Å². The number of amides is 1. The van der Waals surface area contributed by atoms with Gasteiger partial charge in [0.2, 0.25) is 5.91 Å². The van der Waals surface area contributed by atoms with Crippen molar-refractivity contribution in [3.63, 3.8) is 0 Å². The van der Waals surface area contributed by atoms with E-state index in [1.165, 1.54) is 18.2 Å². The molecule has 0 aliphatic carbocycles. The number of nitrogens with zero attached hydrogens (tertiary/aromatic N) is 3. The maximum absolute atomic E-state index is 13.0. The number of carbonyl (C=O) groups excluding carboxylic acids is 1. The molecule has 0 aromatic carbocycles. The van der Waals surface area contributed by atoms with Crippen molar-refractivity contribution in [2.75, 3.05) is 12.3 Å². The average Bonchev–Trinajstić information content (AvgIpc) is 3.06. The van der Waals surface area contributed by atoms with Gasteiger partial charge in [0.1, 0.15) is 5.52 Å². The van der Waals surface area contributed by atoms with Crippen LogP contribution in [0.4, 0.5) is 0 Å². The summed E-state index contributed by atoms with van der Waals surface area (Å²) < 4.78 is 1.74. The van der Waals surface area contributed by atoms with Crippen LogP contribution < -0.4 is 5.56 Å². The molecule has 1 fully saturated rings. The van der Waals surface area contributed by atoms with Gasteiger partial charge in [-0.2, -0.15) is 0 Å². The standard InChI is InChI=1S/C20H30N4O2S/c1-5-14(4)24-19(26)18-16(11-13(3)21-18)22-20(24)27-12-17(25)23-10-8-7-9-15(23)6-2/h11,14-15,21H,5-10,12H2,1-4H3/t14-,15-/m0/s1. The summed E-state index contributed by atoms with van der Waals surface area (Å²) in [5.74, 6) is 0.482. The second-order valence-electron chi connectivity index (χ2n) is 7.47. The van der Waals surface area contributed by atoms with E-state index in [-0.39, 0.29) is 17.5 Å². The van der Waals surface area contributed by atoms with Crippen molar-refractivity contribution in [2.45, 2.75) is 77.0 Å². The van der Waals surface area contributed by atoms with Gasteiger partial charge in [-0.15, -0.1) is 0 Å². The number of H-pyrrole nitrogens is 1. The number of fused-ring (bicyclic) bond motifs is 1. The number of aryl methyl sites for hydroxylation is 1. The highest BCUT2D eigenvalue weighted by Gasteiger charge is 2.26. The number of nitrogens with one attached hydrogen (secondary N) is 1. The number of aromatic nitrogens is 3. The first-order valence-corrected chi connectivity index (χ1v) is 11.0. The molecule has 3 rings (SSSR count). The Balaban J connectivity index is 1.87. The van der Waals surface area contributed by atoms with Crippen LogP contribution in [0.1, 0.15) is 64.6 Å². The molecule has 1 amide bonds. The van der Waals surface area contributed by atoms with Gasteiger partial charge in [0.05, 0.1) is 11.3 Å². The molecule has 7 heteroatoms. The van der Waals surface area contributed by atoms with E-state index >= 15 is 0 Å². The first-order chi connectivity index (χ1) is 13.0. The monoisotopic (exact) mass is 390 g/mol. The molecule has 1 saturated heterocycles. The van der Waals surface area contributed by atoms with E-state index in [1.807, 2.05) is 24.8 Å². The molecule has 3 heterocycles. The predicted octanol–water partition coefficient (Wildman–Crippen LogP) is 3.89. The van der Waals surface area contributed by atoms with Crippen LogP contribution in [0.15, 0.2) is 16.0 Å². The Bertz CT molecular complexity index is 873. The first kappa shape index (κ1) is 20.0. The lowest BCUT2D eigenvalue weighted by molar-refractivity contribution is -0.132. The second-order valence-corrected chi connectivity index (χ2v) is 8.42. The summed E-state index contributed by atoms with van der Waals surface area (Å²) >= 11 is 1.39. The molecule has 1 aliphatic rings. The molecule has 2 aromatic heterocycles. The molecule has 0 saturated carbocycles.